The minimum absolute atomic E-state index is 0.308. The molecule has 0 aliphatic heterocycles. The summed E-state index contributed by atoms with van der Waals surface area (Å²) in [7, 11) is 3.71. The van der Waals surface area contributed by atoms with Crippen molar-refractivity contribution in [2.75, 3.05) is 20.6 Å². The molecule has 0 rings (SSSR count). The van der Waals surface area contributed by atoms with Crippen LogP contribution in [0.1, 0.15) is 41.0 Å². The Labute approximate surface area is 88.5 Å². The number of Topliss-reactive ketones (excluding diaryl/α,β-unsaturated/α-hetero) is 1. The van der Waals surface area contributed by atoms with E-state index in [1.165, 1.54) is 6.92 Å². The average molecular weight is 207 g/mol. The van der Waals surface area contributed by atoms with E-state index in [-0.39, 0.29) is 5.78 Å². The molecule has 1 atom stereocenters. The summed E-state index contributed by atoms with van der Waals surface area (Å²) in [6.45, 7) is 9.90. The van der Waals surface area contributed by atoms with Crippen molar-refractivity contribution in [2.45, 2.75) is 47.2 Å². The summed E-state index contributed by atoms with van der Waals surface area (Å²) in [5, 5.41) is 0. The van der Waals surface area contributed by atoms with Crippen LogP contribution in [0, 0.1) is 0 Å². The molecule has 0 saturated heterocycles. The van der Waals surface area contributed by atoms with Crippen LogP contribution in [0.2, 0.25) is 0 Å². The molecule has 0 aliphatic rings. The van der Waals surface area contributed by atoms with Crippen molar-refractivity contribution in [3.8, 4) is 0 Å². The van der Waals surface area contributed by atoms with Crippen molar-refractivity contribution in [3.05, 3.63) is 0 Å². The maximum atomic E-state index is 12.5. The zero-order valence-electron chi connectivity index (χ0n) is 10.7. The maximum absolute atomic E-state index is 12.5. The van der Waals surface area contributed by atoms with E-state index in [1.807, 2.05) is 46.7 Å². The molecule has 0 saturated carbocycles. The summed E-state index contributed by atoms with van der Waals surface area (Å²) in [5.41, 5.74) is 0. The first-order valence-electron chi connectivity index (χ1n) is 5.33. The minimum Gasteiger partial charge on any atom is -0.309 e. The number of ketones is 1. The number of carbonyl (C=O) groups is 1. The fourth-order valence-corrected chi connectivity index (χ4v) is 0.575. The highest BCUT2D eigenvalue weighted by molar-refractivity contribution is 5.80. The lowest BCUT2D eigenvalue weighted by atomic mass is 10.2. The van der Waals surface area contributed by atoms with Crippen LogP contribution >= 0.6 is 0 Å². The second-order valence-electron chi connectivity index (χ2n) is 2.67. The van der Waals surface area contributed by atoms with Gasteiger partial charge in [-0.1, -0.05) is 27.7 Å². The lowest BCUT2D eigenvalue weighted by Gasteiger charge is -2.09. The number of nitrogens with zero attached hydrogens (tertiary/aromatic N) is 1. The quantitative estimate of drug-likeness (QED) is 0.706. The first-order chi connectivity index (χ1) is 6.54. The molecule has 14 heavy (non-hydrogen) atoms. The van der Waals surface area contributed by atoms with Crippen molar-refractivity contribution in [1.82, 2.24) is 4.90 Å². The van der Waals surface area contributed by atoms with E-state index in [9.17, 15) is 9.18 Å². The molecule has 0 heterocycles. The highest BCUT2D eigenvalue weighted by Gasteiger charge is 2.11. The predicted molar refractivity (Wildman–Crippen MR) is 61.4 cm³/mol. The van der Waals surface area contributed by atoms with Gasteiger partial charge in [-0.15, -0.1) is 0 Å². The normalized spacial score (nSPS) is 10.6. The fourth-order valence-electron chi connectivity index (χ4n) is 0.575. The number of carbonyl (C=O) groups excluding carboxylic acids is 1. The van der Waals surface area contributed by atoms with E-state index in [1.54, 1.807) is 0 Å². The summed E-state index contributed by atoms with van der Waals surface area (Å²) in [6.07, 6.45) is -0.968. The molecule has 2 nitrogen and oxygen atoms in total. The van der Waals surface area contributed by atoms with Gasteiger partial charge in [-0.3, -0.25) is 4.79 Å². The Bertz CT molecular complexity index is 116. The van der Waals surface area contributed by atoms with Crippen LogP contribution in [0.15, 0.2) is 0 Å². The van der Waals surface area contributed by atoms with Gasteiger partial charge in [-0.25, -0.2) is 4.39 Å². The van der Waals surface area contributed by atoms with Crippen LogP contribution in [-0.4, -0.2) is 37.5 Å². The molecule has 0 aromatic heterocycles. The first-order valence-corrected chi connectivity index (χ1v) is 5.33. The first kappa shape index (κ1) is 19.2. The summed E-state index contributed by atoms with van der Waals surface area (Å²) >= 11 is 0. The molecule has 0 aliphatic carbocycles. The third kappa shape index (κ3) is 17.6. The summed E-state index contributed by atoms with van der Waals surface area (Å²) in [4.78, 5) is 12.2. The highest BCUT2D eigenvalue weighted by atomic mass is 19.1. The lowest BCUT2D eigenvalue weighted by molar-refractivity contribution is -0.121. The molecule has 0 amide bonds. The Kier molecular flexibility index (Phi) is 20.6. The standard InChI is InChI=1S/C7H14FNO.2C2H6/c1-6(10)7(8)4-5-9(2)3;2*1-2/h7H,4-5H2,1-3H3;2*1-2H3. The Morgan fingerprint density at radius 1 is 1.21 bits per heavy atom. The van der Waals surface area contributed by atoms with E-state index in [2.05, 4.69) is 0 Å². The number of rotatable bonds is 4. The van der Waals surface area contributed by atoms with E-state index >= 15 is 0 Å². The SMILES string of the molecule is CC.CC.CC(=O)C(F)CCN(C)C. The van der Waals surface area contributed by atoms with E-state index < -0.39 is 6.17 Å². The molecule has 0 aromatic carbocycles. The molecule has 0 N–H and O–H groups in total. The summed E-state index contributed by atoms with van der Waals surface area (Å²) < 4.78 is 12.5. The summed E-state index contributed by atoms with van der Waals surface area (Å²) in [6, 6.07) is 0. The van der Waals surface area contributed by atoms with Gasteiger partial charge in [-0.05, 0) is 27.4 Å². The fraction of sp³-hybridized carbons (Fsp3) is 0.909. The van der Waals surface area contributed by atoms with Crippen LogP contribution in [0.4, 0.5) is 4.39 Å². The van der Waals surface area contributed by atoms with Gasteiger partial charge in [0.25, 0.3) is 0 Å². The molecular weight excluding hydrogens is 181 g/mol. The smallest absolute Gasteiger partial charge is 0.163 e. The molecule has 1 unspecified atom stereocenters. The molecule has 0 bridgehead atoms. The number of hydrogen-bond acceptors (Lipinski definition) is 2. The zero-order valence-corrected chi connectivity index (χ0v) is 10.7. The van der Waals surface area contributed by atoms with Crippen LogP contribution in [-0.2, 0) is 4.79 Å². The third-order valence-electron chi connectivity index (χ3n) is 1.27. The van der Waals surface area contributed by atoms with Crippen LogP contribution in [0.5, 0.6) is 0 Å². The Morgan fingerprint density at radius 2 is 1.57 bits per heavy atom. The van der Waals surface area contributed by atoms with Gasteiger partial charge < -0.3 is 4.90 Å². The van der Waals surface area contributed by atoms with Gasteiger partial charge in [0.2, 0.25) is 0 Å². The lowest BCUT2D eigenvalue weighted by Crippen LogP contribution is -2.21. The van der Waals surface area contributed by atoms with Crippen molar-refractivity contribution < 1.29 is 9.18 Å². The summed E-state index contributed by atoms with van der Waals surface area (Å²) in [5.74, 6) is -0.373. The molecular formula is C11H26FNO. The topological polar surface area (TPSA) is 20.3 Å². The van der Waals surface area contributed by atoms with Gasteiger partial charge >= 0.3 is 0 Å². The largest absolute Gasteiger partial charge is 0.309 e. The van der Waals surface area contributed by atoms with Crippen molar-refractivity contribution in [2.24, 2.45) is 0 Å². The van der Waals surface area contributed by atoms with Crippen LogP contribution in [0.3, 0.4) is 0 Å². The van der Waals surface area contributed by atoms with E-state index in [0.29, 0.717) is 13.0 Å². The number of alkyl halides is 1. The van der Waals surface area contributed by atoms with Gasteiger partial charge in [-0.2, -0.15) is 0 Å². The Balaban J connectivity index is -0.000000266. The maximum Gasteiger partial charge on any atom is 0.163 e. The monoisotopic (exact) mass is 207 g/mol. The molecule has 3 heteroatoms. The molecule has 0 aromatic rings. The minimum atomic E-state index is -1.28. The van der Waals surface area contributed by atoms with E-state index in [4.69, 9.17) is 0 Å². The molecule has 88 valence electrons. The highest BCUT2D eigenvalue weighted by Crippen LogP contribution is 1.99. The van der Waals surface area contributed by atoms with Crippen molar-refractivity contribution in [1.29, 1.82) is 0 Å². The van der Waals surface area contributed by atoms with Gasteiger partial charge in [0.1, 0.15) is 0 Å². The molecule has 0 spiro atoms. The van der Waals surface area contributed by atoms with Crippen LogP contribution < -0.4 is 0 Å². The Morgan fingerprint density at radius 3 is 1.79 bits per heavy atom. The second-order valence-corrected chi connectivity index (χ2v) is 2.67. The van der Waals surface area contributed by atoms with Gasteiger partial charge in [0, 0.05) is 6.54 Å². The zero-order chi connectivity index (χ0) is 12.1. The molecule has 0 radical (unpaired) electrons. The molecule has 0 fully saturated rings. The predicted octanol–water partition coefficient (Wildman–Crippen LogP) is 2.92. The van der Waals surface area contributed by atoms with Gasteiger partial charge in [0.15, 0.2) is 12.0 Å². The Hall–Kier alpha value is -0.440. The van der Waals surface area contributed by atoms with Crippen molar-refractivity contribution in [3.63, 3.8) is 0 Å². The van der Waals surface area contributed by atoms with E-state index in [0.717, 1.165) is 0 Å². The van der Waals surface area contributed by atoms with Crippen LogP contribution in [0.25, 0.3) is 0 Å². The van der Waals surface area contributed by atoms with Gasteiger partial charge in [0.05, 0.1) is 0 Å². The van der Waals surface area contributed by atoms with Crippen molar-refractivity contribution >= 4 is 5.78 Å². The number of halogens is 1. The second kappa shape index (κ2) is 15.1. The number of hydrogen-bond donors (Lipinski definition) is 0. The average Bonchev–Trinajstić information content (AvgIpc) is 2.20. The third-order valence-corrected chi connectivity index (χ3v) is 1.27.